The molecule has 2 heterocycles. The second-order valence-electron chi connectivity index (χ2n) is 8.52. The van der Waals surface area contributed by atoms with Crippen LogP contribution in [0.1, 0.15) is 24.0 Å². The zero-order valence-electron chi connectivity index (χ0n) is 19.0. The molecule has 1 aliphatic rings. The lowest BCUT2D eigenvalue weighted by Crippen LogP contribution is -2.44. The first-order valence-corrected chi connectivity index (χ1v) is 12.8. The van der Waals surface area contributed by atoms with Crippen LogP contribution in [-0.2, 0) is 19.4 Å². The number of hydrogen-bond donors (Lipinski definition) is 1. The van der Waals surface area contributed by atoms with Gasteiger partial charge >= 0.3 is 0 Å². The topological polar surface area (TPSA) is 122 Å². The van der Waals surface area contributed by atoms with E-state index in [1.165, 1.54) is 11.3 Å². The Morgan fingerprint density at radius 1 is 1.09 bits per heavy atom. The molecule has 10 heteroatoms. The number of nitrogens with one attached hydrogen (secondary N) is 1. The minimum Gasteiger partial charge on any atom is -0.342 e. The van der Waals surface area contributed by atoms with Crippen LogP contribution in [-0.4, -0.2) is 48.4 Å². The van der Waals surface area contributed by atoms with Crippen LogP contribution in [0, 0.1) is 19.8 Å². The number of anilines is 2. The van der Waals surface area contributed by atoms with Gasteiger partial charge in [-0.1, -0.05) is 22.9 Å². The van der Waals surface area contributed by atoms with Crippen molar-refractivity contribution in [3.63, 3.8) is 0 Å². The Balaban J connectivity index is 1.51. The number of aromatic nitrogens is 2. The highest BCUT2D eigenvalue weighted by Gasteiger charge is 2.33. The van der Waals surface area contributed by atoms with Crippen molar-refractivity contribution in [3.05, 3.63) is 60.0 Å². The second-order valence-corrected chi connectivity index (χ2v) is 10.8. The summed E-state index contributed by atoms with van der Waals surface area (Å²) < 4.78 is 28.4. The zero-order valence-corrected chi connectivity index (χ0v) is 19.8. The van der Waals surface area contributed by atoms with Crippen molar-refractivity contribution in [2.75, 3.05) is 28.3 Å². The third-order valence-electron chi connectivity index (χ3n) is 5.90. The molecule has 1 fully saturated rings. The van der Waals surface area contributed by atoms with E-state index in [1.54, 1.807) is 24.3 Å². The number of nitrogens with zero attached hydrogens (tertiary/aromatic N) is 3. The molecule has 0 unspecified atom stereocenters. The molecule has 2 amide bonds. The molecular formula is C24H26N4O5S. The fourth-order valence-corrected chi connectivity index (χ4v) is 5.58. The maximum atomic E-state index is 13.4. The van der Waals surface area contributed by atoms with Crippen LogP contribution in [0.5, 0.6) is 0 Å². The lowest BCUT2D eigenvalue weighted by molar-refractivity contribution is -0.124. The standard InChI is InChI=1S/C24H26N4O5S/c1-16-3-8-21(17(2)13-16)28(24(30)19-9-11-34(31,32)12-10-19)14-22(29)26-20-6-4-18(5-7-20)23-25-15-33-27-23/h3-8,13,15,19H,9-12,14H2,1-2H3,(H,26,29). The highest BCUT2D eigenvalue weighted by Crippen LogP contribution is 2.27. The van der Waals surface area contributed by atoms with Gasteiger partial charge in [-0.05, 0) is 62.6 Å². The normalized spacial score (nSPS) is 15.6. The summed E-state index contributed by atoms with van der Waals surface area (Å²) in [5.41, 5.74) is 3.87. The SMILES string of the molecule is Cc1ccc(N(CC(=O)Nc2ccc(-c3ncon3)cc2)C(=O)C2CCS(=O)(=O)CC2)c(C)c1. The molecule has 9 nitrogen and oxygen atoms in total. The zero-order chi connectivity index (χ0) is 24.3. The molecule has 0 radical (unpaired) electrons. The van der Waals surface area contributed by atoms with Crippen molar-refractivity contribution in [1.29, 1.82) is 0 Å². The van der Waals surface area contributed by atoms with Crippen LogP contribution in [0.25, 0.3) is 11.4 Å². The largest absolute Gasteiger partial charge is 0.342 e. The molecule has 0 atom stereocenters. The predicted octanol–water partition coefficient (Wildman–Crippen LogP) is 3.15. The fraction of sp³-hybridized carbons (Fsp3) is 0.333. The van der Waals surface area contributed by atoms with Crippen molar-refractivity contribution in [2.45, 2.75) is 26.7 Å². The first-order valence-electron chi connectivity index (χ1n) is 11.0. The van der Waals surface area contributed by atoms with E-state index in [0.717, 1.165) is 16.7 Å². The monoisotopic (exact) mass is 482 g/mol. The minimum atomic E-state index is -3.10. The van der Waals surface area contributed by atoms with Gasteiger partial charge in [-0.15, -0.1) is 0 Å². The van der Waals surface area contributed by atoms with Crippen LogP contribution >= 0.6 is 0 Å². The second kappa shape index (κ2) is 9.76. The number of carbonyl (C=O) groups is 2. The highest BCUT2D eigenvalue weighted by molar-refractivity contribution is 7.91. The Labute approximate surface area is 198 Å². The fourth-order valence-electron chi connectivity index (χ4n) is 4.09. The summed E-state index contributed by atoms with van der Waals surface area (Å²) in [4.78, 5) is 31.8. The molecule has 0 aliphatic carbocycles. The maximum Gasteiger partial charge on any atom is 0.244 e. The molecule has 0 saturated carbocycles. The molecule has 2 aromatic carbocycles. The van der Waals surface area contributed by atoms with E-state index in [4.69, 9.17) is 4.52 Å². The third-order valence-corrected chi connectivity index (χ3v) is 7.62. The summed E-state index contributed by atoms with van der Waals surface area (Å²) in [5, 5.41) is 6.61. The summed E-state index contributed by atoms with van der Waals surface area (Å²) in [6, 6.07) is 12.6. The van der Waals surface area contributed by atoms with Gasteiger partial charge in [0, 0.05) is 22.9 Å². The van der Waals surface area contributed by atoms with Crippen LogP contribution in [0.15, 0.2) is 53.4 Å². The van der Waals surface area contributed by atoms with Crippen LogP contribution in [0.3, 0.4) is 0 Å². The van der Waals surface area contributed by atoms with Gasteiger partial charge < -0.3 is 14.7 Å². The summed E-state index contributed by atoms with van der Waals surface area (Å²) in [5.74, 6) is -0.606. The number of sulfone groups is 1. The lowest BCUT2D eigenvalue weighted by Gasteiger charge is -2.30. The van der Waals surface area contributed by atoms with Gasteiger partial charge in [0.25, 0.3) is 0 Å². The molecule has 0 spiro atoms. The Bertz CT molecular complexity index is 1270. The van der Waals surface area contributed by atoms with Gasteiger partial charge in [0.15, 0.2) is 0 Å². The molecule has 178 valence electrons. The van der Waals surface area contributed by atoms with Crippen LogP contribution < -0.4 is 10.2 Å². The van der Waals surface area contributed by atoms with Crippen molar-refractivity contribution >= 4 is 33.0 Å². The van der Waals surface area contributed by atoms with E-state index in [-0.39, 0.29) is 42.7 Å². The van der Waals surface area contributed by atoms with Crippen LogP contribution in [0.2, 0.25) is 0 Å². The maximum absolute atomic E-state index is 13.4. The first kappa shape index (κ1) is 23.6. The van der Waals surface area contributed by atoms with Gasteiger partial charge in [-0.25, -0.2) is 8.42 Å². The van der Waals surface area contributed by atoms with Crippen molar-refractivity contribution in [3.8, 4) is 11.4 Å². The number of carbonyl (C=O) groups excluding carboxylic acids is 2. The van der Waals surface area contributed by atoms with E-state index < -0.39 is 15.8 Å². The summed E-state index contributed by atoms with van der Waals surface area (Å²) >= 11 is 0. The molecular weight excluding hydrogens is 456 g/mol. The summed E-state index contributed by atoms with van der Waals surface area (Å²) in [6.07, 6.45) is 1.77. The Hall–Kier alpha value is -3.53. The lowest BCUT2D eigenvalue weighted by atomic mass is 9.99. The smallest absolute Gasteiger partial charge is 0.244 e. The molecule has 1 N–H and O–H groups in total. The predicted molar refractivity (Wildman–Crippen MR) is 128 cm³/mol. The number of benzene rings is 2. The van der Waals surface area contributed by atoms with Crippen LogP contribution in [0.4, 0.5) is 11.4 Å². The van der Waals surface area contributed by atoms with E-state index in [1.807, 2.05) is 32.0 Å². The summed E-state index contributed by atoms with van der Waals surface area (Å²) in [7, 11) is -3.10. The molecule has 1 aliphatic heterocycles. The van der Waals surface area contributed by atoms with Crippen molar-refractivity contribution < 1.29 is 22.5 Å². The number of amides is 2. The quantitative estimate of drug-likeness (QED) is 0.573. The van der Waals surface area contributed by atoms with Crippen molar-refractivity contribution in [2.24, 2.45) is 5.92 Å². The Kier molecular flexibility index (Phi) is 6.78. The van der Waals surface area contributed by atoms with Gasteiger partial charge in [0.05, 0.1) is 11.5 Å². The molecule has 34 heavy (non-hydrogen) atoms. The van der Waals surface area contributed by atoms with E-state index in [2.05, 4.69) is 15.5 Å². The first-order chi connectivity index (χ1) is 16.2. The number of aryl methyl sites for hydroxylation is 2. The molecule has 3 aromatic rings. The van der Waals surface area contributed by atoms with Gasteiger partial charge in [-0.2, -0.15) is 4.98 Å². The Morgan fingerprint density at radius 2 is 1.79 bits per heavy atom. The summed E-state index contributed by atoms with van der Waals surface area (Å²) in [6.45, 7) is 3.67. The average Bonchev–Trinajstić information content (AvgIpc) is 3.33. The minimum absolute atomic E-state index is 0.0109. The van der Waals surface area contributed by atoms with E-state index in [0.29, 0.717) is 17.2 Å². The highest BCUT2D eigenvalue weighted by atomic mass is 32.2. The Morgan fingerprint density at radius 3 is 2.41 bits per heavy atom. The van der Waals surface area contributed by atoms with Gasteiger partial charge in [0.1, 0.15) is 16.4 Å². The van der Waals surface area contributed by atoms with E-state index >= 15 is 0 Å². The number of rotatable bonds is 6. The average molecular weight is 483 g/mol. The third kappa shape index (κ3) is 5.51. The molecule has 1 aromatic heterocycles. The molecule has 1 saturated heterocycles. The van der Waals surface area contributed by atoms with Gasteiger partial charge in [0.2, 0.25) is 24.0 Å². The molecule has 4 rings (SSSR count). The number of hydrogen-bond acceptors (Lipinski definition) is 7. The molecule has 0 bridgehead atoms. The van der Waals surface area contributed by atoms with Gasteiger partial charge in [-0.3, -0.25) is 9.59 Å². The van der Waals surface area contributed by atoms with E-state index in [9.17, 15) is 18.0 Å². The van der Waals surface area contributed by atoms with Crippen molar-refractivity contribution in [1.82, 2.24) is 10.1 Å².